The summed E-state index contributed by atoms with van der Waals surface area (Å²) in [7, 11) is 1.77. The van der Waals surface area contributed by atoms with Crippen molar-refractivity contribution in [1.82, 2.24) is 24.4 Å². The zero-order valence-electron chi connectivity index (χ0n) is 17.2. The van der Waals surface area contributed by atoms with Crippen molar-refractivity contribution in [3.05, 3.63) is 69.9 Å². The van der Waals surface area contributed by atoms with Crippen LogP contribution < -0.4 is 10.5 Å². The molecule has 0 spiro atoms. The number of aromatic nitrogens is 4. The molecule has 0 bridgehead atoms. The highest BCUT2D eigenvalue weighted by atomic mass is 35.5. The molecule has 8 heteroatoms. The standard InChI is InChI=1S/C22H25ClN6O/c1-3-18-14-29(11-10-28(18)13-16-4-6-17(23)7-5-16)22-26-20(12-21(30)27(22)2)19-8-9-24-15-25-19/h4-9,12,15,18H,3,10-11,13-14H2,1-2H3/t18-/m1/s1. The van der Waals surface area contributed by atoms with Crippen LogP contribution in [0.25, 0.3) is 11.4 Å². The van der Waals surface area contributed by atoms with Gasteiger partial charge in [0.2, 0.25) is 5.95 Å². The average Bonchev–Trinajstić information content (AvgIpc) is 2.78. The molecule has 3 aromatic rings. The first-order valence-electron chi connectivity index (χ1n) is 10.1. The quantitative estimate of drug-likeness (QED) is 0.627. The van der Waals surface area contributed by atoms with Gasteiger partial charge in [-0.25, -0.2) is 15.0 Å². The zero-order chi connectivity index (χ0) is 21.1. The van der Waals surface area contributed by atoms with Crippen molar-refractivity contribution >= 4 is 17.5 Å². The number of benzene rings is 1. The molecule has 0 amide bonds. The van der Waals surface area contributed by atoms with E-state index in [9.17, 15) is 4.79 Å². The summed E-state index contributed by atoms with van der Waals surface area (Å²) in [4.78, 5) is 30.3. The Balaban J connectivity index is 1.56. The first-order valence-corrected chi connectivity index (χ1v) is 10.5. The van der Waals surface area contributed by atoms with Crippen LogP contribution in [0.2, 0.25) is 5.02 Å². The van der Waals surface area contributed by atoms with Crippen molar-refractivity contribution in [3.63, 3.8) is 0 Å². The van der Waals surface area contributed by atoms with Gasteiger partial charge in [0.15, 0.2) is 0 Å². The highest BCUT2D eigenvalue weighted by Gasteiger charge is 2.28. The van der Waals surface area contributed by atoms with Crippen molar-refractivity contribution in [3.8, 4) is 11.4 Å². The van der Waals surface area contributed by atoms with E-state index in [-0.39, 0.29) is 5.56 Å². The van der Waals surface area contributed by atoms with E-state index in [1.807, 2.05) is 12.1 Å². The first kappa shape index (κ1) is 20.5. The topological polar surface area (TPSA) is 67.2 Å². The highest BCUT2D eigenvalue weighted by Crippen LogP contribution is 2.22. The Labute approximate surface area is 181 Å². The summed E-state index contributed by atoms with van der Waals surface area (Å²) in [6.07, 6.45) is 4.14. The van der Waals surface area contributed by atoms with E-state index in [1.165, 1.54) is 18.0 Å². The third-order valence-corrected chi connectivity index (χ3v) is 5.87. The number of piperazine rings is 1. The van der Waals surface area contributed by atoms with E-state index >= 15 is 0 Å². The molecule has 1 aromatic carbocycles. The Hall–Kier alpha value is -2.77. The Morgan fingerprint density at radius 2 is 1.93 bits per heavy atom. The van der Waals surface area contributed by atoms with Gasteiger partial charge in [-0.2, -0.15) is 0 Å². The molecule has 0 radical (unpaired) electrons. The van der Waals surface area contributed by atoms with Gasteiger partial charge in [-0.15, -0.1) is 0 Å². The van der Waals surface area contributed by atoms with E-state index in [2.05, 4.69) is 38.8 Å². The third kappa shape index (κ3) is 4.37. The van der Waals surface area contributed by atoms with Crippen molar-refractivity contribution in [2.75, 3.05) is 24.5 Å². The second kappa shape index (κ2) is 8.93. The van der Waals surface area contributed by atoms with Crippen molar-refractivity contribution in [1.29, 1.82) is 0 Å². The monoisotopic (exact) mass is 424 g/mol. The van der Waals surface area contributed by atoms with Crippen LogP contribution in [0.15, 0.2) is 53.7 Å². The lowest BCUT2D eigenvalue weighted by molar-refractivity contribution is 0.162. The lowest BCUT2D eigenvalue weighted by Crippen LogP contribution is -2.53. The number of rotatable bonds is 5. The number of hydrogen-bond donors (Lipinski definition) is 0. The number of nitrogens with zero attached hydrogens (tertiary/aromatic N) is 6. The molecular formula is C22H25ClN6O. The van der Waals surface area contributed by atoms with Crippen LogP contribution >= 0.6 is 11.6 Å². The molecule has 0 unspecified atom stereocenters. The minimum Gasteiger partial charge on any atom is -0.339 e. The van der Waals surface area contributed by atoms with Gasteiger partial charge in [-0.3, -0.25) is 14.3 Å². The maximum atomic E-state index is 12.6. The van der Waals surface area contributed by atoms with Gasteiger partial charge in [0, 0.05) is 56.6 Å². The summed E-state index contributed by atoms with van der Waals surface area (Å²) in [5, 5.41) is 0.756. The Kier molecular flexibility index (Phi) is 6.11. The molecule has 4 rings (SSSR count). The summed E-state index contributed by atoms with van der Waals surface area (Å²) in [6.45, 7) is 5.60. The lowest BCUT2D eigenvalue weighted by atomic mass is 10.1. The van der Waals surface area contributed by atoms with Gasteiger partial charge in [0.25, 0.3) is 5.56 Å². The van der Waals surface area contributed by atoms with Gasteiger partial charge in [-0.05, 0) is 30.2 Å². The van der Waals surface area contributed by atoms with Crippen LogP contribution in [0.4, 0.5) is 5.95 Å². The molecule has 1 aliphatic heterocycles. The summed E-state index contributed by atoms with van der Waals surface area (Å²) in [5.41, 5.74) is 2.39. The molecule has 2 aromatic heterocycles. The molecule has 0 aliphatic carbocycles. The van der Waals surface area contributed by atoms with Crippen molar-refractivity contribution in [2.45, 2.75) is 25.9 Å². The Morgan fingerprint density at radius 3 is 2.63 bits per heavy atom. The van der Waals surface area contributed by atoms with Crippen LogP contribution in [0.1, 0.15) is 18.9 Å². The number of hydrogen-bond acceptors (Lipinski definition) is 6. The van der Waals surface area contributed by atoms with Gasteiger partial charge in [0.1, 0.15) is 6.33 Å². The smallest absolute Gasteiger partial charge is 0.255 e. The average molecular weight is 425 g/mol. The minimum atomic E-state index is -0.0924. The molecule has 1 saturated heterocycles. The lowest BCUT2D eigenvalue weighted by Gasteiger charge is -2.42. The van der Waals surface area contributed by atoms with E-state index < -0.39 is 0 Å². The van der Waals surface area contributed by atoms with Crippen LogP contribution in [0, 0.1) is 0 Å². The molecule has 1 fully saturated rings. The molecule has 3 heterocycles. The number of halogens is 1. The summed E-state index contributed by atoms with van der Waals surface area (Å²) >= 11 is 6.02. The molecular weight excluding hydrogens is 400 g/mol. The molecule has 1 aliphatic rings. The minimum absolute atomic E-state index is 0.0924. The fraction of sp³-hybridized carbons (Fsp3) is 0.364. The highest BCUT2D eigenvalue weighted by molar-refractivity contribution is 6.30. The van der Waals surface area contributed by atoms with Gasteiger partial charge < -0.3 is 4.90 Å². The van der Waals surface area contributed by atoms with Crippen LogP contribution in [0.3, 0.4) is 0 Å². The molecule has 30 heavy (non-hydrogen) atoms. The van der Waals surface area contributed by atoms with Gasteiger partial charge >= 0.3 is 0 Å². The Bertz CT molecular complexity index is 1050. The van der Waals surface area contributed by atoms with Crippen molar-refractivity contribution < 1.29 is 0 Å². The SMILES string of the molecule is CC[C@@H]1CN(c2nc(-c3ccncn3)cc(=O)n2C)CCN1Cc1ccc(Cl)cc1. The van der Waals surface area contributed by atoms with Gasteiger partial charge in [0.05, 0.1) is 11.4 Å². The van der Waals surface area contributed by atoms with Crippen LogP contribution in [-0.4, -0.2) is 50.1 Å². The van der Waals surface area contributed by atoms with E-state index in [4.69, 9.17) is 16.6 Å². The van der Waals surface area contributed by atoms with E-state index in [0.29, 0.717) is 23.4 Å². The second-order valence-corrected chi connectivity index (χ2v) is 7.97. The zero-order valence-corrected chi connectivity index (χ0v) is 18.0. The molecule has 156 valence electrons. The fourth-order valence-electron chi connectivity index (χ4n) is 3.88. The number of anilines is 1. The molecule has 1 atom stereocenters. The van der Waals surface area contributed by atoms with Crippen molar-refractivity contribution in [2.24, 2.45) is 7.05 Å². The van der Waals surface area contributed by atoms with E-state index in [0.717, 1.165) is 37.6 Å². The van der Waals surface area contributed by atoms with Crippen LogP contribution in [0.5, 0.6) is 0 Å². The predicted octanol–water partition coefficient (Wildman–Crippen LogP) is 2.99. The van der Waals surface area contributed by atoms with Gasteiger partial charge in [-0.1, -0.05) is 30.7 Å². The summed E-state index contributed by atoms with van der Waals surface area (Å²) in [6, 6.07) is 11.7. The first-order chi connectivity index (χ1) is 14.5. The molecule has 0 saturated carbocycles. The summed E-state index contributed by atoms with van der Waals surface area (Å²) < 4.78 is 1.62. The van der Waals surface area contributed by atoms with Crippen LogP contribution in [-0.2, 0) is 13.6 Å². The molecule has 0 N–H and O–H groups in total. The fourth-order valence-corrected chi connectivity index (χ4v) is 4.00. The maximum Gasteiger partial charge on any atom is 0.255 e. The largest absolute Gasteiger partial charge is 0.339 e. The second-order valence-electron chi connectivity index (χ2n) is 7.54. The van der Waals surface area contributed by atoms with E-state index in [1.54, 1.807) is 23.9 Å². The summed E-state index contributed by atoms with van der Waals surface area (Å²) in [5.74, 6) is 0.681. The Morgan fingerprint density at radius 1 is 1.13 bits per heavy atom. The third-order valence-electron chi connectivity index (χ3n) is 5.61. The normalized spacial score (nSPS) is 17.3. The predicted molar refractivity (Wildman–Crippen MR) is 119 cm³/mol. The molecule has 7 nitrogen and oxygen atoms in total. The maximum absolute atomic E-state index is 12.6.